The maximum absolute atomic E-state index is 14.0. The van der Waals surface area contributed by atoms with Crippen LogP contribution in [0.25, 0.3) is 22.1 Å². The number of ether oxygens (including phenoxy) is 5. The molecule has 1 aliphatic rings. The molecule has 1 saturated heterocycles. The van der Waals surface area contributed by atoms with Gasteiger partial charge in [0.05, 0.1) is 23.3 Å². The number of esters is 3. The number of benzene rings is 3. The van der Waals surface area contributed by atoms with E-state index in [4.69, 9.17) is 39.5 Å². The first-order valence-electron chi connectivity index (χ1n) is 18.5. The summed E-state index contributed by atoms with van der Waals surface area (Å²) in [6.45, 7) is 6.70. The number of aromatic nitrogens is 5. The third-order valence-corrected chi connectivity index (χ3v) is 12.7. The fraction of sp³-hybridized carbons (Fsp3) is 0.300. The van der Waals surface area contributed by atoms with Crippen molar-refractivity contribution < 1.29 is 59.1 Å². The van der Waals surface area contributed by atoms with Gasteiger partial charge in [-0.3, -0.25) is 19.0 Å². The minimum atomic E-state index is -4.25. The van der Waals surface area contributed by atoms with Crippen LogP contribution >= 0.6 is 11.6 Å². The van der Waals surface area contributed by atoms with Gasteiger partial charge >= 0.3 is 34.0 Å². The summed E-state index contributed by atoms with van der Waals surface area (Å²) in [6.07, 6.45) is -1.91. The highest BCUT2D eigenvalue weighted by Gasteiger charge is 2.51. The number of nitrogens with zero attached hydrogens (tertiary/aromatic N) is 5. The van der Waals surface area contributed by atoms with E-state index in [0.717, 1.165) is 28.9 Å². The molecule has 4 heterocycles. The first-order valence-corrected chi connectivity index (χ1v) is 21.8. The van der Waals surface area contributed by atoms with Crippen LogP contribution in [0.15, 0.2) is 89.0 Å². The lowest BCUT2D eigenvalue weighted by atomic mass is 10.1. The smallest absolute Gasteiger partial charge is 0.339 e. The molecule has 7 rings (SSSR count). The summed E-state index contributed by atoms with van der Waals surface area (Å²) in [6, 6.07) is 16.5. The number of fused-ring (bicyclic) bond motifs is 2. The minimum Gasteiger partial charge on any atom is -0.463 e. The van der Waals surface area contributed by atoms with Crippen molar-refractivity contribution in [2.24, 2.45) is 0 Å². The average molecular weight is 896 g/mol. The van der Waals surface area contributed by atoms with Crippen LogP contribution in [-0.2, 0) is 59.9 Å². The molecule has 3 aromatic heterocycles. The Morgan fingerprint density at radius 3 is 2.10 bits per heavy atom. The number of rotatable bonds is 14. The zero-order valence-electron chi connectivity index (χ0n) is 33.2. The maximum atomic E-state index is 14.0. The molecule has 1 aliphatic heterocycles. The first kappa shape index (κ1) is 43.0. The zero-order valence-corrected chi connectivity index (χ0v) is 35.6. The van der Waals surface area contributed by atoms with Crippen LogP contribution in [-0.4, -0.2) is 89.8 Å². The highest BCUT2D eigenvalue weighted by molar-refractivity contribution is 7.90. The van der Waals surface area contributed by atoms with Crippen LogP contribution in [0.4, 0.5) is 0 Å². The van der Waals surface area contributed by atoms with Crippen molar-refractivity contribution in [2.45, 2.75) is 75.4 Å². The Hall–Kier alpha value is -6.09. The van der Waals surface area contributed by atoms with Gasteiger partial charge in [0.2, 0.25) is 0 Å². The van der Waals surface area contributed by atoms with E-state index < -0.39 is 62.6 Å². The number of hydrogen-bond donors (Lipinski definition) is 0. The Bertz CT molecular complexity index is 2880. The highest BCUT2D eigenvalue weighted by Crippen LogP contribution is 2.37. The largest absolute Gasteiger partial charge is 0.463 e. The molecule has 0 spiro atoms. The molecule has 0 bridgehead atoms. The first-order chi connectivity index (χ1) is 28.9. The number of imidazole rings is 1. The van der Waals surface area contributed by atoms with E-state index in [9.17, 15) is 31.2 Å². The summed E-state index contributed by atoms with van der Waals surface area (Å²) in [4.78, 5) is 48.9. The van der Waals surface area contributed by atoms with Crippen molar-refractivity contribution >= 4 is 71.7 Å². The fourth-order valence-corrected chi connectivity index (χ4v) is 9.20. The molecule has 21 heteroatoms. The molecular weight excluding hydrogens is 858 g/mol. The Morgan fingerprint density at radius 2 is 1.46 bits per heavy atom. The highest BCUT2D eigenvalue weighted by atomic mass is 35.5. The zero-order chi connectivity index (χ0) is 43.8. The summed E-state index contributed by atoms with van der Waals surface area (Å²) < 4.78 is 90.6. The lowest BCUT2D eigenvalue weighted by molar-refractivity contribution is -0.166. The molecule has 320 valence electrons. The van der Waals surface area contributed by atoms with Gasteiger partial charge in [0, 0.05) is 38.8 Å². The summed E-state index contributed by atoms with van der Waals surface area (Å²) in [7, 11) is -8.38. The van der Waals surface area contributed by atoms with Crippen molar-refractivity contribution in [1.29, 1.82) is 0 Å². The van der Waals surface area contributed by atoms with Crippen LogP contribution in [0.2, 0.25) is 5.15 Å². The Morgan fingerprint density at radius 1 is 0.820 bits per heavy atom. The Kier molecular flexibility index (Phi) is 12.1. The van der Waals surface area contributed by atoms with Gasteiger partial charge in [-0.05, 0) is 61.9 Å². The molecule has 61 heavy (non-hydrogen) atoms. The van der Waals surface area contributed by atoms with Gasteiger partial charge in [-0.1, -0.05) is 47.0 Å². The molecule has 4 atom stereocenters. The van der Waals surface area contributed by atoms with Gasteiger partial charge in [0.25, 0.3) is 10.0 Å². The predicted molar refractivity (Wildman–Crippen MR) is 216 cm³/mol. The van der Waals surface area contributed by atoms with Crippen molar-refractivity contribution in [3.63, 3.8) is 0 Å². The lowest BCUT2D eigenvalue weighted by Gasteiger charge is -2.23. The van der Waals surface area contributed by atoms with E-state index in [1.54, 1.807) is 24.3 Å². The molecule has 3 aromatic carbocycles. The molecule has 0 unspecified atom stereocenters. The van der Waals surface area contributed by atoms with Gasteiger partial charge in [-0.25, -0.2) is 17.4 Å². The number of carbonyl (C=O) groups is 3. The standard InChI is InChI=1S/C40H38ClN5O13S2/c1-22-6-11-29(12-7-22)60(50,51)46-19-27(31-18-28(10-15-32(31)46)59-61(52,53)30-13-8-23(2)9-14-30)16-17-54-40-43-37(41)34-38(44-40)45(21-42-34)39-36(57-26(5)49)35(56-25(4)48)33(58-39)20-55-24(3)47/h6-15,18-19,21,33,35-36,39H,16-17,20H2,1-5H3/t33-,35-,36-,39-/m1/s1. The quantitative estimate of drug-likeness (QED) is 0.0607. The van der Waals surface area contributed by atoms with E-state index in [1.165, 1.54) is 66.5 Å². The minimum absolute atomic E-state index is 0.0343. The number of aryl methyl sites for hydroxylation is 2. The molecule has 18 nitrogen and oxygen atoms in total. The van der Waals surface area contributed by atoms with Crippen molar-refractivity contribution in [1.82, 2.24) is 23.5 Å². The average Bonchev–Trinajstić information content (AvgIpc) is 3.88. The molecule has 0 N–H and O–H groups in total. The van der Waals surface area contributed by atoms with Crippen molar-refractivity contribution in [3.05, 3.63) is 101 Å². The lowest BCUT2D eigenvalue weighted by Crippen LogP contribution is -2.40. The summed E-state index contributed by atoms with van der Waals surface area (Å²) in [5, 5.41) is 0.245. The second-order valence-electron chi connectivity index (χ2n) is 14.0. The van der Waals surface area contributed by atoms with Gasteiger partial charge in [0.15, 0.2) is 29.2 Å². The number of hydrogen-bond acceptors (Lipinski definition) is 16. The van der Waals surface area contributed by atoms with Crippen LogP contribution in [0.3, 0.4) is 0 Å². The molecule has 1 fully saturated rings. The van der Waals surface area contributed by atoms with Crippen LogP contribution in [0.5, 0.6) is 11.8 Å². The topological polar surface area (TPSA) is 223 Å². The van der Waals surface area contributed by atoms with E-state index in [1.807, 2.05) is 13.8 Å². The molecule has 0 saturated carbocycles. The van der Waals surface area contributed by atoms with E-state index >= 15 is 0 Å². The van der Waals surface area contributed by atoms with Crippen LogP contribution < -0.4 is 8.92 Å². The van der Waals surface area contributed by atoms with E-state index in [-0.39, 0.29) is 63.0 Å². The molecule has 6 aromatic rings. The van der Waals surface area contributed by atoms with E-state index in [0.29, 0.717) is 10.9 Å². The van der Waals surface area contributed by atoms with Crippen LogP contribution in [0.1, 0.15) is 43.7 Å². The van der Waals surface area contributed by atoms with Crippen molar-refractivity contribution in [2.75, 3.05) is 13.2 Å². The van der Waals surface area contributed by atoms with Gasteiger partial charge in [-0.15, -0.1) is 0 Å². The summed E-state index contributed by atoms with van der Waals surface area (Å²) in [5.74, 6) is -2.10. The second-order valence-corrected chi connectivity index (χ2v) is 17.8. The van der Waals surface area contributed by atoms with Gasteiger partial charge < -0.3 is 27.9 Å². The monoisotopic (exact) mass is 895 g/mol. The molecule has 0 aliphatic carbocycles. The number of carbonyl (C=O) groups excluding carboxylic acids is 3. The third-order valence-electron chi connectivity index (χ3n) is 9.49. The Balaban J connectivity index is 1.20. The molecule has 0 radical (unpaired) electrons. The molecular formula is C40H38ClN5O13S2. The normalized spacial score (nSPS) is 17.9. The van der Waals surface area contributed by atoms with Crippen LogP contribution in [0, 0.1) is 13.8 Å². The third kappa shape index (κ3) is 9.16. The van der Waals surface area contributed by atoms with E-state index in [2.05, 4.69) is 15.0 Å². The molecule has 0 amide bonds. The number of halogens is 1. The van der Waals surface area contributed by atoms with Gasteiger partial charge in [0.1, 0.15) is 28.9 Å². The fourth-order valence-electron chi connectivity index (χ4n) is 6.68. The predicted octanol–water partition coefficient (Wildman–Crippen LogP) is 5.00. The Labute approximate surface area is 354 Å². The van der Waals surface area contributed by atoms with Crippen molar-refractivity contribution in [3.8, 4) is 11.8 Å². The summed E-state index contributed by atoms with van der Waals surface area (Å²) in [5.41, 5.74) is 2.61. The maximum Gasteiger partial charge on any atom is 0.339 e. The summed E-state index contributed by atoms with van der Waals surface area (Å²) >= 11 is 6.54. The van der Waals surface area contributed by atoms with Gasteiger partial charge in [-0.2, -0.15) is 18.4 Å². The second kappa shape index (κ2) is 17.1. The SMILES string of the molecule is CC(=O)OC[C@H]1O[C@@H](n2cnc3c(Cl)nc(OCCc4cn(S(=O)(=O)c5ccc(C)cc5)c5ccc(OS(=O)(=O)c6ccc(C)cc6)cc45)nc32)[C@H](OC(C)=O)[C@@H]1OC(C)=O.